The van der Waals surface area contributed by atoms with Gasteiger partial charge in [-0.15, -0.1) is 0 Å². The van der Waals surface area contributed by atoms with Gasteiger partial charge in [0, 0.05) is 11.8 Å². The van der Waals surface area contributed by atoms with E-state index in [9.17, 15) is 0 Å². The SMILES string of the molecule is C1=CC2=C(COC2)[N]1. The summed E-state index contributed by atoms with van der Waals surface area (Å²) in [5.74, 6) is 0. The molecule has 0 bridgehead atoms. The van der Waals surface area contributed by atoms with Gasteiger partial charge in [-0.25, -0.2) is 0 Å². The Morgan fingerprint density at radius 2 is 2.50 bits per heavy atom. The molecule has 2 aliphatic heterocycles. The highest BCUT2D eigenvalue weighted by Gasteiger charge is 2.15. The molecule has 2 heteroatoms. The molecule has 0 aromatic rings. The van der Waals surface area contributed by atoms with E-state index in [1.165, 1.54) is 5.57 Å². The lowest BCUT2D eigenvalue weighted by molar-refractivity contribution is 0.202. The van der Waals surface area contributed by atoms with E-state index in [-0.39, 0.29) is 0 Å². The maximum Gasteiger partial charge on any atom is 0.0896 e. The van der Waals surface area contributed by atoms with Crippen LogP contribution in [-0.4, -0.2) is 13.2 Å². The first-order valence-electron chi connectivity index (χ1n) is 2.64. The van der Waals surface area contributed by atoms with E-state index in [0.717, 1.165) is 12.3 Å². The van der Waals surface area contributed by atoms with Gasteiger partial charge in [0.05, 0.1) is 18.9 Å². The van der Waals surface area contributed by atoms with Gasteiger partial charge in [-0.05, 0) is 6.08 Å². The zero-order valence-electron chi connectivity index (χ0n) is 4.42. The number of nitrogens with zero attached hydrogens (tertiary/aromatic N) is 1. The largest absolute Gasteiger partial charge is 0.370 e. The lowest BCUT2D eigenvalue weighted by atomic mass is 10.3. The highest BCUT2D eigenvalue weighted by molar-refractivity contribution is 5.34. The predicted octanol–water partition coefficient (Wildman–Crippen LogP) is 0.402. The Morgan fingerprint density at radius 3 is 3.38 bits per heavy atom. The molecule has 2 rings (SSSR count). The van der Waals surface area contributed by atoms with Gasteiger partial charge >= 0.3 is 0 Å². The molecule has 0 aromatic heterocycles. The first kappa shape index (κ1) is 4.15. The van der Waals surface area contributed by atoms with Crippen molar-refractivity contribution in [3.05, 3.63) is 23.5 Å². The molecule has 41 valence electrons. The van der Waals surface area contributed by atoms with Gasteiger partial charge in [0.2, 0.25) is 0 Å². The average molecular weight is 108 g/mol. The van der Waals surface area contributed by atoms with Crippen molar-refractivity contribution >= 4 is 0 Å². The quantitative estimate of drug-likeness (QED) is 0.440. The van der Waals surface area contributed by atoms with Crippen molar-refractivity contribution in [1.29, 1.82) is 0 Å². The molecule has 8 heavy (non-hydrogen) atoms. The van der Waals surface area contributed by atoms with Crippen molar-refractivity contribution in [2.45, 2.75) is 0 Å². The molecule has 0 fully saturated rings. The third kappa shape index (κ3) is 0.406. The van der Waals surface area contributed by atoms with E-state index in [4.69, 9.17) is 4.74 Å². The van der Waals surface area contributed by atoms with Crippen LogP contribution in [0.2, 0.25) is 0 Å². The van der Waals surface area contributed by atoms with Gasteiger partial charge in [-0.1, -0.05) is 0 Å². The Morgan fingerprint density at radius 1 is 1.50 bits per heavy atom. The van der Waals surface area contributed by atoms with E-state index in [1.54, 1.807) is 0 Å². The molecule has 0 aromatic carbocycles. The molecule has 0 saturated heterocycles. The van der Waals surface area contributed by atoms with Crippen LogP contribution in [0.4, 0.5) is 0 Å². The van der Waals surface area contributed by atoms with Crippen molar-refractivity contribution in [3.63, 3.8) is 0 Å². The highest BCUT2D eigenvalue weighted by atomic mass is 16.5. The molecular weight excluding hydrogens is 102 g/mol. The highest BCUT2D eigenvalue weighted by Crippen LogP contribution is 2.17. The third-order valence-electron chi connectivity index (χ3n) is 1.37. The Kier molecular flexibility index (Phi) is 0.704. The molecule has 0 saturated carbocycles. The lowest BCUT2D eigenvalue weighted by Gasteiger charge is -1.89. The Balaban J connectivity index is 2.33. The smallest absolute Gasteiger partial charge is 0.0896 e. The average Bonchev–Trinajstić information content (AvgIpc) is 2.15. The molecule has 0 atom stereocenters. The Labute approximate surface area is 47.8 Å². The second-order valence-electron chi connectivity index (χ2n) is 1.91. The number of rotatable bonds is 0. The van der Waals surface area contributed by atoms with E-state index >= 15 is 0 Å². The third-order valence-corrected chi connectivity index (χ3v) is 1.37. The summed E-state index contributed by atoms with van der Waals surface area (Å²) in [5.41, 5.74) is 2.37. The van der Waals surface area contributed by atoms with Crippen LogP contribution < -0.4 is 5.32 Å². The fourth-order valence-corrected chi connectivity index (χ4v) is 0.915. The number of hydrogen-bond acceptors (Lipinski definition) is 1. The summed E-state index contributed by atoms with van der Waals surface area (Å²) in [4.78, 5) is 0. The molecule has 0 amide bonds. The van der Waals surface area contributed by atoms with E-state index < -0.39 is 0 Å². The van der Waals surface area contributed by atoms with Gasteiger partial charge in [0.1, 0.15) is 0 Å². The summed E-state index contributed by atoms with van der Waals surface area (Å²) in [6, 6.07) is 0. The van der Waals surface area contributed by atoms with Gasteiger partial charge in [-0.2, -0.15) is 0 Å². The molecule has 0 spiro atoms. The molecule has 2 aliphatic rings. The van der Waals surface area contributed by atoms with Gasteiger partial charge in [0.25, 0.3) is 0 Å². The van der Waals surface area contributed by atoms with Gasteiger partial charge in [-0.3, -0.25) is 5.32 Å². The fraction of sp³-hybridized carbons (Fsp3) is 0.333. The zero-order valence-corrected chi connectivity index (χ0v) is 4.42. The minimum absolute atomic E-state index is 0.711. The fourth-order valence-electron chi connectivity index (χ4n) is 0.915. The summed E-state index contributed by atoms with van der Waals surface area (Å²) in [7, 11) is 0. The van der Waals surface area contributed by atoms with Crippen LogP contribution in [0.15, 0.2) is 23.5 Å². The van der Waals surface area contributed by atoms with Crippen LogP contribution in [0.5, 0.6) is 0 Å². The van der Waals surface area contributed by atoms with Crippen molar-refractivity contribution in [2.24, 2.45) is 0 Å². The standard InChI is InChI=1S/C6H6NO/c1-2-7-6-4-8-3-5(1)6/h1-2H,3-4H2. The maximum atomic E-state index is 5.09. The first-order valence-corrected chi connectivity index (χ1v) is 2.64. The Bertz CT molecular complexity index is 169. The van der Waals surface area contributed by atoms with E-state index in [1.807, 2.05) is 12.3 Å². The van der Waals surface area contributed by atoms with Crippen LogP contribution in [0.1, 0.15) is 0 Å². The molecule has 2 heterocycles. The summed E-state index contributed by atoms with van der Waals surface area (Å²) in [6.45, 7) is 1.47. The predicted molar refractivity (Wildman–Crippen MR) is 29.1 cm³/mol. The summed E-state index contributed by atoms with van der Waals surface area (Å²) in [5, 5.41) is 4.07. The lowest BCUT2D eigenvalue weighted by Crippen LogP contribution is -1.95. The van der Waals surface area contributed by atoms with Gasteiger partial charge < -0.3 is 4.74 Å². The second kappa shape index (κ2) is 1.36. The Hall–Kier alpha value is -0.760. The molecule has 0 unspecified atom stereocenters. The van der Waals surface area contributed by atoms with Crippen molar-refractivity contribution in [1.82, 2.24) is 5.32 Å². The molecule has 0 N–H and O–H groups in total. The van der Waals surface area contributed by atoms with E-state index in [2.05, 4.69) is 5.32 Å². The van der Waals surface area contributed by atoms with E-state index in [0.29, 0.717) is 6.61 Å². The normalized spacial score (nSPS) is 24.0. The van der Waals surface area contributed by atoms with Crippen molar-refractivity contribution < 1.29 is 4.74 Å². The number of ether oxygens (including phenoxy) is 1. The molecule has 2 nitrogen and oxygen atoms in total. The van der Waals surface area contributed by atoms with Crippen molar-refractivity contribution in [2.75, 3.05) is 13.2 Å². The summed E-state index contributed by atoms with van der Waals surface area (Å²) in [6.07, 6.45) is 3.83. The molecule has 1 radical (unpaired) electrons. The molecule has 0 aliphatic carbocycles. The van der Waals surface area contributed by atoms with Crippen LogP contribution in [0, 0.1) is 0 Å². The van der Waals surface area contributed by atoms with Crippen LogP contribution >= 0.6 is 0 Å². The zero-order chi connectivity index (χ0) is 5.40. The first-order chi connectivity index (χ1) is 3.97. The minimum atomic E-state index is 0.711. The maximum absolute atomic E-state index is 5.09. The number of hydrogen-bond donors (Lipinski definition) is 0. The second-order valence-corrected chi connectivity index (χ2v) is 1.91. The minimum Gasteiger partial charge on any atom is -0.370 e. The summed E-state index contributed by atoms with van der Waals surface area (Å²) < 4.78 is 5.09. The topological polar surface area (TPSA) is 23.3 Å². The van der Waals surface area contributed by atoms with Crippen LogP contribution in [-0.2, 0) is 4.74 Å². The van der Waals surface area contributed by atoms with Crippen LogP contribution in [0.3, 0.4) is 0 Å². The van der Waals surface area contributed by atoms with Gasteiger partial charge in [0.15, 0.2) is 0 Å². The summed E-state index contributed by atoms with van der Waals surface area (Å²) >= 11 is 0. The molecular formula is C6H6NO. The van der Waals surface area contributed by atoms with Crippen LogP contribution in [0.25, 0.3) is 0 Å². The monoisotopic (exact) mass is 108 g/mol. The van der Waals surface area contributed by atoms with Crippen molar-refractivity contribution in [3.8, 4) is 0 Å².